The van der Waals surface area contributed by atoms with Crippen LogP contribution in [-0.2, 0) is 6.54 Å². The van der Waals surface area contributed by atoms with Crippen LogP contribution >= 0.6 is 0 Å². The highest BCUT2D eigenvalue weighted by Gasteiger charge is 2.09. The first kappa shape index (κ1) is 14.0. The molecule has 1 N–H and O–H groups in total. The number of nitrogens with one attached hydrogen (secondary N) is 1. The van der Waals surface area contributed by atoms with Crippen molar-refractivity contribution < 1.29 is 4.74 Å². The minimum Gasteiger partial charge on any atom is -0.493 e. The number of hydrogen-bond acceptors (Lipinski definition) is 3. The first-order valence-corrected chi connectivity index (χ1v) is 6.30. The first-order valence-electron chi connectivity index (χ1n) is 6.30. The molecule has 1 rings (SSSR count). The van der Waals surface area contributed by atoms with Crippen LogP contribution in [0.2, 0.25) is 0 Å². The molecule has 0 aliphatic rings. The quantitative estimate of drug-likeness (QED) is 0.824. The van der Waals surface area contributed by atoms with Gasteiger partial charge in [0.2, 0.25) is 0 Å². The smallest absolute Gasteiger partial charge is 0.122 e. The van der Waals surface area contributed by atoms with Gasteiger partial charge in [0.15, 0.2) is 0 Å². The van der Waals surface area contributed by atoms with Crippen LogP contribution in [0.3, 0.4) is 0 Å². The molecule has 1 heterocycles. The summed E-state index contributed by atoms with van der Waals surface area (Å²) in [5.41, 5.74) is 1.35. The van der Waals surface area contributed by atoms with Crippen molar-refractivity contribution in [1.29, 1.82) is 0 Å². The Balaban J connectivity index is 2.43. The highest BCUT2D eigenvalue weighted by Crippen LogP contribution is 2.19. The van der Waals surface area contributed by atoms with Crippen molar-refractivity contribution in [3.63, 3.8) is 0 Å². The van der Waals surface area contributed by atoms with Gasteiger partial charge < -0.3 is 10.1 Å². The second-order valence-corrected chi connectivity index (χ2v) is 5.42. The van der Waals surface area contributed by atoms with Crippen molar-refractivity contribution in [3.8, 4) is 5.75 Å². The molecule has 0 atom stereocenters. The van der Waals surface area contributed by atoms with Crippen molar-refractivity contribution in [1.82, 2.24) is 10.3 Å². The van der Waals surface area contributed by atoms with E-state index in [0.717, 1.165) is 37.6 Å². The van der Waals surface area contributed by atoms with E-state index in [-0.39, 0.29) is 0 Å². The summed E-state index contributed by atoms with van der Waals surface area (Å²) in [7, 11) is 0. The molecule has 96 valence electrons. The number of pyridine rings is 1. The number of aromatic nitrogens is 1. The van der Waals surface area contributed by atoms with Gasteiger partial charge in [-0.05, 0) is 24.4 Å². The summed E-state index contributed by atoms with van der Waals surface area (Å²) in [6.45, 7) is 11.3. The van der Waals surface area contributed by atoms with Crippen LogP contribution in [0.1, 0.15) is 39.8 Å². The Hall–Kier alpha value is -1.09. The molecule has 0 saturated heterocycles. The predicted molar refractivity (Wildman–Crippen MR) is 71.2 cm³/mol. The van der Waals surface area contributed by atoms with Gasteiger partial charge in [-0.25, -0.2) is 0 Å². The van der Waals surface area contributed by atoms with Crippen molar-refractivity contribution in [2.75, 3.05) is 13.2 Å². The lowest BCUT2D eigenvalue weighted by Crippen LogP contribution is -2.13. The van der Waals surface area contributed by atoms with E-state index >= 15 is 0 Å². The Bertz CT molecular complexity index is 331. The monoisotopic (exact) mass is 236 g/mol. The molecule has 0 spiro atoms. The molecule has 3 nitrogen and oxygen atoms in total. The number of hydrogen-bond donors (Lipinski definition) is 1. The molecule has 0 radical (unpaired) electrons. The van der Waals surface area contributed by atoms with Gasteiger partial charge >= 0.3 is 0 Å². The van der Waals surface area contributed by atoms with E-state index in [9.17, 15) is 0 Å². The van der Waals surface area contributed by atoms with Gasteiger partial charge in [-0.3, -0.25) is 4.98 Å². The van der Waals surface area contributed by atoms with E-state index in [0.29, 0.717) is 5.41 Å². The Kier molecular flexibility index (Phi) is 5.42. The van der Waals surface area contributed by atoms with E-state index in [1.165, 1.54) is 0 Å². The van der Waals surface area contributed by atoms with E-state index in [1.807, 2.05) is 12.1 Å². The highest BCUT2D eigenvalue weighted by atomic mass is 16.5. The molecule has 0 unspecified atom stereocenters. The van der Waals surface area contributed by atoms with E-state index in [4.69, 9.17) is 4.74 Å². The molecule has 0 aliphatic heterocycles. The average molecular weight is 236 g/mol. The summed E-state index contributed by atoms with van der Waals surface area (Å²) < 4.78 is 5.73. The zero-order valence-corrected chi connectivity index (χ0v) is 11.4. The SMILES string of the molecule is CCNCc1cc(OCCC(C)(C)C)ccn1. The van der Waals surface area contributed by atoms with E-state index < -0.39 is 0 Å². The molecule has 0 bridgehead atoms. The summed E-state index contributed by atoms with van der Waals surface area (Å²) in [5, 5.41) is 3.25. The number of nitrogens with zero attached hydrogens (tertiary/aromatic N) is 1. The van der Waals surface area contributed by atoms with Gasteiger partial charge in [-0.15, -0.1) is 0 Å². The molecular weight excluding hydrogens is 212 g/mol. The van der Waals surface area contributed by atoms with Crippen LogP contribution in [0.15, 0.2) is 18.3 Å². The molecule has 0 saturated carbocycles. The number of ether oxygens (including phenoxy) is 1. The summed E-state index contributed by atoms with van der Waals surface area (Å²) >= 11 is 0. The lowest BCUT2D eigenvalue weighted by atomic mass is 9.93. The van der Waals surface area contributed by atoms with Crippen molar-refractivity contribution in [2.24, 2.45) is 5.41 Å². The first-order chi connectivity index (χ1) is 8.01. The maximum atomic E-state index is 5.73. The van der Waals surface area contributed by atoms with Crippen LogP contribution < -0.4 is 10.1 Å². The fourth-order valence-electron chi connectivity index (χ4n) is 1.37. The lowest BCUT2D eigenvalue weighted by Gasteiger charge is -2.18. The minimum atomic E-state index is 0.319. The summed E-state index contributed by atoms with van der Waals surface area (Å²) in [6, 6.07) is 3.92. The van der Waals surface area contributed by atoms with Crippen molar-refractivity contribution in [3.05, 3.63) is 24.0 Å². The van der Waals surface area contributed by atoms with Crippen LogP contribution in [0.5, 0.6) is 5.75 Å². The molecule has 17 heavy (non-hydrogen) atoms. The third kappa shape index (κ3) is 6.27. The number of rotatable bonds is 6. The normalized spacial score (nSPS) is 11.5. The molecule has 0 aromatic carbocycles. The third-order valence-corrected chi connectivity index (χ3v) is 2.46. The average Bonchev–Trinajstić information content (AvgIpc) is 2.25. The molecule has 1 aromatic rings. The summed E-state index contributed by atoms with van der Waals surface area (Å²) in [5.74, 6) is 0.914. The van der Waals surface area contributed by atoms with Gasteiger partial charge in [0.25, 0.3) is 0 Å². The zero-order chi connectivity index (χ0) is 12.7. The molecule has 0 aliphatic carbocycles. The zero-order valence-electron chi connectivity index (χ0n) is 11.4. The summed E-state index contributed by atoms with van der Waals surface area (Å²) in [6.07, 6.45) is 2.86. The molecular formula is C14H24N2O. The lowest BCUT2D eigenvalue weighted by molar-refractivity contribution is 0.242. The largest absolute Gasteiger partial charge is 0.493 e. The van der Waals surface area contributed by atoms with E-state index in [1.54, 1.807) is 6.20 Å². The standard InChI is InChI=1S/C14H24N2O/c1-5-15-11-12-10-13(6-8-16-12)17-9-7-14(2,3)4/h6,8,10,15H,5,7,9,11H2,1-4H3. The van der Waals surface area contributed by atoms with Crippen LogP contribution in [-0.4, -0.2) is 18.1 Å². The molecule has 1 aromatic heterocycles. The van der Waals surface area contributed by atoms with Gasteiger partial charge in [-0.1, -0.05) is 27.7 Å². The van der Waals surface area contributed by atoms with E-state index in [2.05, 4.69) is 38.0 Å². The predicted octanol–water partition coefficient (Wildman–Crippen LogP) is 3.01. The van der Waals surface area contributed by atoms with Crippen molar-refractivity contribution >= 4 is 0 Å². The second kappa shape index (κ2) is 6.60. The molecule has 0 fully saturated rings. The van der Waals surface area contributed by atoms with Gasteiger partial charge in [0.05, 0.1) is 12.3 Å². The third-order valence-electron chi connectivity index (χ3n) is 2.46. The highest BCUT2D eigenvalue weighted by molar-refractivity contribution is 5.22. The van der Waals surface area contributed by atoms with Crippen molar-refractivity contribution in [2.45, 2.75) is 40.7 Å². The van der Waals surface area contributed by atoms with Gasteiger partial charge in [-0.2, -0.15) is 0 Å². The molecule has 3 heteroatoms. The minimum absolute atomic E-state index is 0.319. The van der Waals surface area contributed by atoms with Gasteiger partial charge in [0, 0.05) is 18.8 Å². The Morgan fingerprint density at radius 1 is 1.35 bits per heavy atom. The summed E-state index contributed by atoms with van der Waals surface area (Å²) in [4.78, 5) is 4.29. The topological polar surface area (TPSA) is 34.1 Å². The maximum Gasteiger partial charge on any atom is 0.122 e. The fraction of sp³-hybridized carbons (Fsp3) is 0.643. The van der Waals surface area contributed by atoms with Crippen LogP contribution in [0.25, 0.3) is 0 Å². The Morgan fingerprint density at radius 3 is 2.76 bits per heavy atom. The Labute approximate surface area is 105 Å². The molecule has 0 amide bonds. The van der Waals surface area contributed by atoms with Gasteiger partial charge in [0.1, 0.15) is 5.75 Å². The van der Waals surface area contributed by atoms with Crippen LogP contribution in [0.4, 0.5) is 0 Å². The second-order valence-electron chi connectivity index (χ2n) is 5.42. The fourth-order valence-corrected chi connectivity index (χ4v) is 1.37. The van der Waals surface area contributed by atoms with Crippen LogP contribution in [0, 0.1) is 5.41 Å². The Morgan fingerprint density at radius 2 is 2.12 bits per heavy atom. The maximum absolute atomic E-state index is 5.73.